The summed E-state index contributed by atoms with van der Waals surface area (Å²) in [6.45, 7) is 2.52. The molecule has 1 aromatic carbocycles. The van der Waals surface area contributed by atoms with Gasteiger partial charge in [-0.1, -0.05) is 29.8 Å². The first-order valence-electron chi connectivity index (χ1n) is 6.92. The standard InChI is InChI=1S/C16H18ClN3/c17-13-6-8-19-14(9-13)11-20-10-12(5-7-18)15-3-1-2-4-16(15)20/h1-4,6,8-9,12H,5,7,10-11,18H2. The van der Waals surface area contributed by atoms with Crippen LogP contribution >= 0.6 is 11.6 Å². The molecule has 1 aliphatic rings. The molecule has 0 saturated carbocycles. The number of anilines is 1. The van der Waals surface area contributed by atoms with E-state index in [-0.39, 0.29) is 0 Å². The van der Waals surface area contributed by atoms with E-state index in [2.05, 4.69) is 34.1 Å². The Kier molecular flexibility index (Phi) is 3.90. The molecule has 0 aliphatic carbocycles. The number of nitrogens with zero attached hydrogens (tertiary/aromatic N) is 2. The molecule has 2 N–H and O–H groups in total. The number of fused-ring (bicyclic) bond motifs is 1. The molecule has 0 radical (unpaired) electrons. The first-order valence-corrected chi connectivity index (χ1v) is 7.30. The summed E-state index contributed by atoms with van der Waals surface area (Å²) in [4.78, 5) is 6.77. The van der Waals surface area contributed by atoms with Crippen molar-refractivity contribution in [1.82, 2.24) is 4.98 Å². The monoisotopic (exact) mass is 287 g/mol. The van der Waals surface area contributed by atoms with Crippen LogP contribution < -0.4 is 10.6 Å². The van der Waals surface area contributed by atoms with E-state index in [1.807, 2.05) is 6.07 Å². The number of para-hydroxylation sites is 1. The molecule has 1 unspecified atom stereocenters. The van der Waals surface area contributed by atoms with E-state index in [0.29, 0.717) is 5.92 Å². The van der Waals surface area contributed by atoms with Crippen LogP contribution in [0.15, 0.2) is 42.6 Å². The highest BCUT2D eigenvalue weighted by Gasteiger charge is 2.27. The summed E-state index contributed by atoms with van der Waals surface area (Å²) >= 11 is 6.03. The molecule has 2 heterocycles. The molecule has 20 heavy (non-hydrogen) atoms. The summed E-state index contributed by atoms with van der Waals surface area (Å²) < 4.78 is 0. The second-order valence-corrected chi connectivity index (χ2v) is 5.62. The van der Waals surface area contributed by atoms with Gasteiger partial charge in [0.15, 0.2) is 0 Å². The lowest BCUT2D eigenvalue weighted by Gasteiger charge is -2.19. The zero-order chi connectivity index (χ0) is 13.9. The third kappa shape index (κ3) is 2.65. The zero-order valence-electron chi connectivity index (χ0n) is 11.3. The Hall–Kier alpha value is -1.58. The Labute approximate surface area is 124 Å². The number of halogens is 1. The summed E-state index contributed by atoms with van der Waals surface area (Å²) in [5.41, 5.74) is 9.44. The van der Waals surface area contributed by atoms with Gasteiger partial charge in [-0.15, -0.1) is 0 Å². The molecule has 104 valence electrons. The normalized spacial score (nSPS) is 17.3. The van der Waals surface area contributed by atoms with Crippen LogP contribution in [-0.4, -0.2) is 18.1 Å². The summed E-state index contributed by atoms with van der Waals surface area (Å²) in [6.07, 6.45) is 2.79. The minimum atomic E-state index is 0.524. The molecule has 2 aromatic rings. The molecule has 3 rings (SSSR count). The number of hydrogen-bond acceptors (Lipinski definition) is 3. The fraction of sp³-hybridized carbons (Fsp3) is 0.312. The minimum absolute atomic E-state index is 0.524. The van der Waals surface area contributed by atoms with Crippen LogP contribution in [0.25, 0.3) is 0 Å². The highest BCUT2D eigenvalue weighted by Crippen LogP contribution is 2.38. The molecule has 1 aromatic heterocycles. The van der Waals surface area contributed by atoms with E-state index in [4.69, 9.17) is 17.3 Å². The van der Waals surface area contributed by atoms with Gasteiger partial charge in [0.2, 0.25) is 0 Å². The quantitative estimate of drug-likeness (QED) is 0.939. The van der Waals surface area contributed by atoms with E-state index < -0.39 is 0 Å². The number of hydrogen-bond donors (Lipinski definition) is 1. The van der Waals surface area contributed by atoms with Crippen molar-refractivity contribution in [3.8, 4) is 0 Å². The average molecular weight is 288 g/mol. The fourth-order valence-corrected chi connectivity index (χ4v) is 3.09. The molecule has 4 heteroatoms. The number of aromatic nitrogens is 1. The van der Waals surface area contributed by atoms with Gasteiger partial charge >= 0.3 is 0 Å². The van der Waals surface area contributed by atoms with E-state index in [1.54, 1.807) is 12.3 Å². The van der Waals surface area contributed by atoms with Gasteiger partial charge in [-0.25, -0.2) is 0 Å². The van der Waals surface area contributed by atoms with E-state index in [9.17, 15) is 0 Å². The molecular weight excluding hydrogens is 270 g/mol. The van der Waals surface area contributed by atoms with E-state index >= 15 is 0 Å². The second-order valence-electron chi connectivity index (χ2n) is 5.18. The van der Waals surface area contributed by atoms with Crippen molar-refractivity contribution in [2.75, 3.05) is 18.0 Å². The van der Waals surface area contributed by atoms with Crippen LogP contribution in [0.1, 0.15) is 23.6 Å². The smallest absolute Gasteiger partial charge is 0.0611 e. The second kappa shape index (κ2) is 5.81. The Morgan fingerprint density at radius 2 is 2.15 bits per heavy atom. The Bertz CT molecular complexity index is 600. The van der Waals surface area contributed by atoms with Crippen molar-refractivity contribution in [3.05, 3.63) is 58.9 Å². The van der Waals surface area contributed by atoms with Crippen molar-refractivity contribution in [2.45, 2.75) is 18.9 Å². The molecule has 3 nitrogen and oxygen atoms in total. The first-order chi connectivity index (χ1) is 9.78. The van der Waals surface area contributed by atoms with Gasteiger partial charge in [-0.3, -0.25) is 4.98 Å². The number of nitrogens with two attached hydrogens (primary N) is 1. The van der Waals surface area contributed by atoms with Gasteiger partial charge in [0.05, 0.1) is 12.2 Å². The lowest BCUT2D eigenvalue weighted by atomic mass is 9.98. The zero-order valence-corrected chi connectivity index (χ0v) is 12.1. The summed E-state index contributed by atoms with van der Waals surface area (Å²) in [6, 6.07) is 12.3. The van der Waals surface area contributed by atoms with E-state index in [0.717, 1.165) is 36.8 Å². The predicted molar refractivity (Wildman–Crippen MR) is 83.2 cm³/mol. The Morgan fingerprint density at radius 1 is 1.30 bits per heavy atom. The molecule has 1 atom stereocenters. The van der Waals surface area contributed by atoms with Crippen LogP contribution in [0, 0.1) is 0 Å². The lowest BCUT2D eigenvalue weighted by molar-refractivity contribution is 0.641. The van der Waals surface area contributed by atoms with Crippen molar-refractivity contribution < 1.29 is 0 Å². The largest absolute Gasteiger partial charge is 0.365 e. The topological polar surface area (TPSA) is 42.1 Å². The van der Waals surface area contributed by atoms with Crippen LogP contribution in [0.3, 0.4) is 0 Å². The molecule has 1 aliphatic heterocycles. The summed E-state index contributed by atoms with van der Waals surface area (Å²) in [5, 5.41) is 0.737. The Morgan fingerprint density at radius 3 is 2.95 bits per heavy atom. The van der Waals surface area contributed by atoms with Crippen LogP contribution in [0.2, 0.25) is 5.02 Å². The third-order valence-electron chi connectivity index (χ3n) is 3.80. The Balaban J connectivity index is 1.85. The fourth-order valence-electron chi connectivity index (χ4n) is 2.91. The molecular formula is C16H18ClN3. The van der Waals surface area contributed by atoms with Gasteiger partial charge < -0.3 is 10.6 Å². The van der Waals surface area contributed by atoms with Gasteiger partial charge in [-0.2, -0.15) is 0 Å². The van der Waals surface area contributed by atoms with Gasteiger partial charge in [0.25, 0.3) is 0 Å². The molecule has 0 bridgehead atoms. The van der Waals surface area contributed by atoms with Gasteiger partial charge in [-0.05, 0) is 36.7 Å². The SMILES string of the molecule is NCCC1CN(Cc2cc(Cl)ccn2)c2ccccc21. The summed E-state index contributed by atoms with van der Waals surface area (Å²) in [5.74, 6) is 0.524. The molecule has 0 spiro atoms. The molecule has 0 amide bonds. The predicted octanol–water partition coefficient (Wildman–Crippen LogP) is 3.19. The van der Waals surface area contributed by atoms with Gasteiger partial charge in [0.1, 0.15) is 0 Å². The average Bonchev–Trinajstić information content (AvgIpc) is 2.78. The van der Waals surface area contributed by atoms with Gasteiger partial charge in [0, 0.05) is 29.4 Å². The highest BCUT2D eigenvalue weighted by molar-refractivity contribution is 6.30. The van der Waals surface area contributed by atoms with Crippen molar-refractivity contribution in [2.24, 2.45) is 5.73 Å². The highest BCUT2D eigenvalue weighted by atomic mass is 35.5. The summed E-state index contributed by atoms with van der Waals surface area (Å²) in [7, 11) is 0. The number of pyridine rings is 1. The van der Waals surface area contributed by atoms with Crippen LogP contribution in [-0.2, 0) is 6.54 Å². The van der Waals surface area contributed by atoms with Crippen molar-refractivity contribution in [1.29, 1.82) is 0 Å². The maximum absolute atomic E-state index is 6.03. The number of benzene rings is 1. The lowest BCUT2D eigenvalue weighted by Crippen LogP contribution is -2.22. The third-order valence-corrected chi connectivity index (χ3v) is 4.04. The van der Waals surface area contributed by atoms with Crippen LogP contribution in [0.4, 0.5) is 5.69 Å². The maximum Gasteiger partial charge on any atom is 0.0611 e. The maximum atomic E-state index is 6.03. The van der Waals surface area contributed by atoms with E-state index in [1.165, 1.54) is 11.3 Å². The number of rotatable bonds is 4. The molecule has 0 saturated heterocycles. The molecule has 0 fully saturated rings. The first kappa shape index (κ1) is 13.4. The van der Waals surface area contributed by atoms with Crippen LogP contribution in [0.5, 0.6) is 0 Å². The van der Waals surface area contributed by atoms with Crippen molar-refractivity contribution in [3.63, 3.8) is 0 Å². The van der Waals surface area contributed by atoms with Crippen molar-refractivity contribution >= 4 is 17.3 Å². The minimum Gasteiger partial charge on any atom is -0.365 e.